The molecule has 1 aromatic carbocycles. The summed E-state index contributed by atoms with van der Waals surface area (Å²) in [4.78, 5) is 0. The molecular weight excluding hydrogens is 212 g/mol. The lowest BCUT2D eigenvalue weighted by Crippen LogP contribution is -2.31. The van der Waals surface area contributed by atoms with Crippen LogP contribution in [0.15, 0.2) is 18.2 Å². The molecule has 84 valence electrons. The van der Waals surface area contributed by atoms with Crippen LogP contribution in [-0.2, 0) is 6.42 Å². The second-order valence-corrected chi connectivity index (χ2v) is 7.50. The molecule has 4 heteroatoms. The normalized spacial score (nSPS) is 14.0. The van der Waals surface area contributed by atoms with Gasteiger partial charge in [-0.05, 0) is 29.8 Å². The zero-order valence-corrected chi connectivity index (χ0v) is 10.5. The summed E-state index contributed by atoms with van der Waals surface area (Å²) in [5.74, 6) is -1.58. The molecule has 1 atom stereocenters. The van der Waals surface area contributed by atoms with E-state index in [0.717, 1.165) is 11.6 Å². The van der Waals surface area contributed by atoms with Crippen molar-refractivity contribution in [3.63, 3.8) is 0 Å². The molecule has 0 heterocycles. The van der Waals surface area contributed by atoms with E-state index >= 15 is 0 Å². The van der Waals surface area contributed by atoms with Crippen molar-refractivity contribution in [3.8, 4) is 0 Å². The molecule has 0 aliphatic heterocycles. The van der Waals surface area contributed by atoms with Gasteiger partial charge >= 0.3 is 0 Å². The van der Waals surface area contributed by atoms with Gasteiger partial charge in [0.15, 0.2) is 11.6 Å². The molecule has 0 aliphatic rings. The predicted molar refractivity (Wildman–Crippen MR) is 61.7 cm³/mol. The van der Waals surface area contributed by atoms with E-state index in [9.17, 15) is 8.78 Å². The third-order valence-electron chi connectivity index (χ3n) is 2.26. The quantitative estimate of drug-likeness (QED) is 0.783. The average molecular weight is 229 g/mol. The van der Waals surface area contributed by atoms with Gasteiger partial charge < -0.3 is 5.73 Å². The molecular formula is C11H17F2NSi. The molecule has 1 unspecified atom stereocenters. The molecule has 15 heavy (non-hydrogen) atoms. The summed E-state index contributed by atoms with van der Waals surface area (Å²) in [5, 5.41) is 0. The maximum absolute atomic E-state index is 12.9. The first-order valence-corrected chi connectivity index (χ1v) is 6.82. The van der Waals surface area contributed by atoms with E-state index in [4.69, 9.17) is 5.73 Å². The lowest BCUT2D eigenvalue weighted by molar-refractivity contribution is 0.507. The van der Waals surface area contributed by atoms with E-state index < -0.39 is 11.6 Å². The van der Waals surface area contributed by atoms with Crippen molar-refractivity contribution in [1.29, 1.82) is 0 Å². The van der Waals surface area contributed by atoms with Crippen LogP contribution in [0, 0.1) is 11.6 Å². The van der Waals surface area contributed by atoms with Crippen molar-refractivity contribution in [2.24, 2.45) is 5.73 Å². The van der Waals surface area contributed by atoms with Crippen LogP contribution < -0.4 is 5.73 Å². The average Bonchev–Trinajstić information content (AvgIpc) is 2.10. The highest BCUT2D eigenvalue weighted by Gasteiger charge is 2.09. The first kappa shape index (κ1) is 12.3. The first-order chi connectivity index (χ1) is 6.99. The van der Waals surface area contributed by atoms with E-state index in [0.29, 0.717) is 12.0 Å². The van der Waals surface area contributed by atoms with Crippen LogP contribution in [0.3, 0.4) is 0 Å². The van der Waals surface area contributed by atoms with Crippen molar-refractivity contribution in [2.75, 3.05) is 0 Å². The Kier molecular flexibility index (Phi) is 4.41. The van der Waals surface area contributed by atoms with Crippen molar-refractivity contribution in [2.45, 2.75) is 31.5 Å². The Hall–Kier alpha value is -0.743. The summed E-state index contributed by atoms with van der Waals surface area (Å²) in [6, 6.07) is 4.01. The number of hydrogen-bond donors (Lipinski definition) is 1. The van der Waals surface area contributed by atoms with Gasteiger partial charge in [-0.1, -0.05) is 25.5 Å². The van der Waals surface area contributed by atoms with E-state index in [1.807, 2.05) is 0 Å². The summed E-state index contributed by atoms with van der Waals surface area (Å²) < 4.78 is 25.5. The highest BCUT2D eigenvalue weighted by atomic mass is 28.2. The molecule has 0 amide bonds. The van der Waals surface area contributed by atoms with Gasteiger partial charge in [-0.15, -0.1) is 0 Å². The largest absolute Gasteiger partial charge is 0.331 e. The van der Waals surface area contributed by atoms with Crippen molar-refractivity contribution in [3.05, 3.63) is 35.4 Å². The third-order valence-corrected chi connectivity index (χ3v) is 4.09. The molecule has 1 rings (SSSR count). The number of halogens is 2. The fraction of sp³-hybridized carbons (Fsp3) is 0.455. The van der Waals surface area contributed by atoms with E-state index in [1.165, 1.54) is 6.07 Å². The molecule has 0 radical (unpaired) electrons. The van der Waals surface area contributed by atoms with Gasteiger partial charge in [-0.25, -0.2) is 8.78 Å². The number of nitrogens with two attached hydrogens (primary N) is 1. The Morgan fingerprint density at radius 3 is 2.47 bits per heavy atom. The molecule has 0 aromatic heterocycles. The molecule has 1 aromatic rings. The van der Waals surface area contributed by atoms with Gasteiger partial charge in [-0.2, -0.15) is 0 Å². The smallest absolute Gasteiger partial charge is 0.159 e. The van der Waals surface area contributed by atoms with Gasteiger partial charge in [-0.3, -0.25) is 0 Å². The van der Waals surface area contributed by atoms with Crippen molar-refractivity contribution < 1.29 is 8.78 Å². The Morgan fingerprint density at radius 1 is 1.27 bits per heavy atom. The Morgan fingerprint density at radius 2 is 1.93 bits per heavy atom. The Bertz CT molecular complexity index is 328. The molecule has 1 nitrogen and oxygen atoms in total. The van der Waals surface area contributed by atoms with E-state index in [1.54, 1.807) is 6.07 Å². The fourth-order valence-electron chi connectivity index (χ4n) is 1.66. The monoisotopic (exact) mass is 229 g/mol. The molecule has 0 saturated heterocycles. The zero-order valence-electron chi connectivity index (χ0n) is 9.13. The highest BCUT2D eigenvalue weighted by molar-refractivity contribution is 6.39. The lowest BCUT2D eigenvalue weighted by Gasteiger charge is -2.13. The van der Waals surface area contributed by atoms with Crippen LogP contribution >= 0.6 is 0 Å². The van der Waals surface area contributed by atoms with Crippen LogP contribution in [0.4, 0.5) is 8.78 Å². The summed E-state index contributed by atoms with van der Waals surface area (Å²) in [5.41, 5.74) is 7.53. The van der Waals surface area contributed by atoms with Gasteiger partial charge in [0.2, 0.25) is 0 Å². The topological polar surface area (TPSA) is 26.0 Å². The van der Waals surface area contributed by atoms with Crippen LogP contribution in [0.25, 0.3) is 0 Å². The lowest BCUT2D eigenvalue weighted by atomic mass is 10.1. The standard InChI is InChI=1S/C11H17F2NSi/c1-7(2)15-11(14)6-8-3-4-9(12)10(13)5-8/h3-5,7,11H,6,14-15H2,1-2H3. The van der Waals surface area contributed by atoms with Gasteiger partial charge in [0, 0.05) is 9.52 Å². The number of benzene rings is 1. The van der Waals surface area contributed by atoms with Gasteiger partial charge in [0.25, 0.3) is 0 Å². The Balaban J connectivity index is 2.60. The van der Waals surface area contributed by atoms with E-state index in [-0.39, 0.29) is 15.2 Å². The van der Waals surface area contributed by atoms with Gasteiger partial charge in [0.05, 0.1) is 0 Å². The van der Waals surface area contributed by atoms with Crippen LogP contribution in [0.2, 0.25) is 5.54 Å². The van der Waals surface area contributed by atoms with Gasteiger partial charge in [0.1, 0.15) is 0 Å². The summed E-state index contributed by atoms with van der Waals surface area (Å²) in [6.45, 7) is 4.30. The molecule has 0 saturated carbocycles. The molecule has 0 bridgehead atoms. The summed E-state index contributed by atoms with van der Waals surface area (Å²) >= 11 is 0. The molecule has 0 fully saturated rings. The maximum atomic E-state index is 12.9. The first-order valence-electron chi connectivity index (χ1n) is 5.18. The Labute approximate surface area is 91.5 Å². The summed E-state index contributed by atoms with van der Waals surface area (Å²) in [7, 11) is -0.334. The van der Waals surface area contributed by atoms with E-state index in [2.05, 4.69) is 13.8 Å². The minimum Gasteiger partial charge on any atom is -0.331 e. The number of rotatable bonds is 4. The van der Waals surface area contributed by atoms with Crippen LogP contribution in [0.1, 0.15) is 19.4 Å². The minimum atomic E-state index is -0.798. The minimum absolute atomic E-state index is 0.148. The maximum Gasteiger partial charge on any atom is 0.159 e. The number of hydrogen-bond acceptors (Lipinski definition) is 1. The second kappa shape index (κ2) is 5.37. The fourth-order valence-corrected chi connectivity index (χ4v) is 3.37. The molecule has 2 N–H and O–H groups in total. The summed E-state index contributed by atoms with van der Waals surface area (Å²) in [6.07, 6.45) is 0.654. The van der Waals surface area contributed by atoms with Crippen LogP contribution in [0.5, 0.6) is 0 Å². The predicted octanol–water partition coefficient (Wildman–Crippen LogP) is 1.79. The second-order valence-electron chi connectivity index (χ2n) is 4.34. The SMILES string of the molecule is CC(C)[SiH2]C(N)Cc1ccc(F)c(F)c1. The zero-order chi connectivity index (χ0) is 11.4. The molecule has 0 aliphatic carbocycles. The van der Waals surface area contributed by atoms with Crippen molar-refractivity contribution >= 4 is 9.52 Å². The molecule has 0 spiro atoms. The van der Waals surface area contributed by atoms with Crippen LogP contribution in [-0.4, -0.2) is 15.2 Å². The van der Waals surface area contributed by atoms with Crippen molar-refractivity contribution in [1.82, 2.24) is 0 Å². The highest BCUT2D eigenvalue weighted by Crippen LogP contribution is 2.11. The third kappa shape index (κ3) is 4.09.